The van der Waals surface area contributed by atoms with Crippen molar-refractivity contribution in [3.05, 3.63) is 23.3 Å². The van der Waals surface area contributed by atoms with Gasteiger partial charge in [0.05, 0.1) is 11.0 Å². The Balaban J connectivity index is 2.78. The maximum Gasteiger partial charge on any atom is 0.201 e. The molecule has 2 aromatic rings. The van der Waals surface area contributed by atoms with Crippen LogP contribution in [0.5, 0.6) is 0 Å². The summed E-state index contributed by atoms with van der Waals surface area (Å²) in [7, 11) is 0. The third-order valence-electron chi connectivity index (χ3n) is 3.19. The van der Waals surface area contributed by atoms with E-state index in [2.05, 4.69) is 49.4 Å². The first-order valence-electron chi connectivity index (χ1n) is 5.79. The largest absolute Gasteiger partial charge is 0.369 e. The summed E-state index contributed by atoms with van der Waals surface area (Å²) >= 11 is 0. The standard InChI is InChI=1S/C13H19N3/c1-5-10(4)16-11-7-8(2)6-9(3)12(11)15-13(16)14/h6-7,10H,5H2,1-4H3,(H2,14,15). The molecular weight excluding hydrogens is 198 g/mol. The van der Waals surface area contributed by atoms with E-state index in [0.717, 1.165) is 17.5 Å². The number of imidazole rings is 1. The molecular formula is C13H19N3. The number of aromatic nitrogens is 2. The van der Waals surface area contributed by atoms with Crippen LogP contribution >= 0.6 is 0 Å². The van der Waals surface area contributed by atoms with Crippen LogP contribution in [-0.4, -0.2) is 9.55 Å². The van der Waals surface area contributed by atoms with Gasteiger partial charge in [-0.3, -0.25) is 0 Å². The lowest BCUT2D eigenvalue weighted by molar-refractivity contribution is 0.552. The smallest absolute Gasteiger partial charge is 0.201 e. The predicted molar refractivity (Wildman–Crippen MR) is 68.6 cm³/mol. The first-order chi connectivity index (χ1) is 7.54. The van der Waals surface area contributed by atoms with Crippen LogP contribution in [0.4, 0.5) is 5.95 Å². The second-order valence-corrected chi connectivity index (χ2v) is 4.55. The Hall–Kier alpha value is -1.51. The molecule has 0 amide bonds. The quantitative estimate of drug-likeness (QED) is 0.839. The summed E-state index contributed by atoms with van der Waals surface area (Å²) in [5, 5.41) is 0. The van der Waals surface area contributed by atoms with Gasteiger partial charge in [-0.2, -0.15) is 0 Å². The van der Waals surface area contributed by atoms with E-state index >= 15 is 0 Å². The van der Waals surface area contributed by atoms with Crippen LogP contribution in [0, 0.1) is 13.8 Å². The van der Waals surface area contributed by atoms with Crippen LogP contribution in [0.15, 0.2) is 12.1 Å². The van der Waals surface area contributed by atoms with E-state index < -0.39 is 0 Å². The number of rotatable bonds is 2. The lowest BCUT2D eigenvalue weighted by atomic mass is 10.1. The Kier molecular flexibility index (Phi) is 2.62. The molecule has 0 saturated heterocycles. The van der Waals surface area contributed by atoms with Gasteiger partial charge in [-0.15, -0.1) is 0 Å². The highest BCUT2D eigenvalue weighted by molar-refractivity contribution is 5.82. The van der Waals surface area contributed by atoms with E-state index in [1.807, 2.05) is 0 Å². The highest BCUT2D eigenvalue weighted by atomic mass is 15.2. The zero-order valence-corrected chi connectivity index (χ0v) is 10.4. The molecule has 3 heteroatoms. The van der Waals surface area contributed by atoms with Crippen LogP contribution in [0.1, 0.15) is 37.4 Å². The van der Waals surface area contributed by atoms with Crippen molar-refractivity contribution in [3.63, 3.8) is 0 Å². The number of fused-ring (bicyclic) bond motifs is 1. The fraction of sp³-hybridized carbons (Fsp3) is 0.462. The number of benzene rings is 1. The fourth-order valence-corrected chi connectivity index (χ4v) is 2.20. The van der Waals surface area contributed by atoms with Gasteiger partial charge in [-0.1, -0.05) is 13.0 Å². The Labute approximate surface area is 96.3 Å². The molecule has 0 bridgehead atoms. The van der Waals surface area contributed by atoms with Crippen LogP contribution in [0.25, 0.3) is 11.0 Å². The number of nitrogens with zero attached hydrogens (tertiary/aromatic N) is 2. The molecule has 1 unspecified atom stereocenters. The Bertz CT molecular complexity index is 525. The van der Waals surface area contributed by atoms with E-state index in [0.29, 0.717) is 12.0 Å². The molecule has 1 aromatic carbocycles. The zero-order chi connectivity index (χ0) is 11.9. The van der Waals surface area contributed by atoms with Gasteiger partial charge in [0.1, 0.15) is 0 Å². The average molecular weight is 217 g/mol. The molecule has 0 aliphatic heterocycles. The number of nitrogens with two attached hydrogens (primary N) is 1. The second-order valence-electron chi connectivity index (χ2n) is 4.55. The van der Waals surface area contributed by atoms with Crippen LogP contribution in [0.3, 0.4) is 0 Å². The second kappa shape index (κ2) is 3.81. The SMILES string of the molecule is CCC(C)n1c(N)nc2c(C)cc(C)cc21. The first-order valence-corrected chi connectivity index (χ1v) is 5.79. The minimum atomic E-state index is 0.395. The van der Waals surface area contributed by atoms with Crippen molar-refractivity contribution in [2.45, 2.75) is 40.2 Å². The van der Waals surface area contributed by atoms with Crippen molar-refractivity contribution in [2.24, 2.45) is 0 Å². The molecule has 0 spiro atoms. The van der Waals surface area contributed by atoms with E-state index in [1.54, 1.807) is 0 Å². The fourth-order valence-electron chi connectivity index (χ4n) is 2.20. The van der Waals surface area contributed by atoms with Crippen molar-refractivity contribution < 1.29 is 0 Å². The van der Waals surface area contributed by atoms with Gasteiger partial charge in [0.2, 0.25) is 5.95 Å². The molecule has 1 aromatic heterocycles. The predicted octanol–water partition coefficient (Wildman–Crippen LogP) is 3.21. The third-order valence-corrected chi connectivity index (χ3v) is 3.19. The Morgan fingerprint density at radius 2 is 2.06 bits per heavy atom. The minimum Gasteiger partial charge on any atom is -0.369 e. The van der Waals surface area contributed by atoms with Crippen LogP contribution in [0.2, 0.25) is 0 Å². The molecule has 2 N–H and O–H groups in total. The first kappa shape index (κ1) is 11.0. The molecule has 86 valence electrons. The topological polar surface area (TPSA) is 43.8 Å². The van der Waals surface area contributed by atoms with Crippen molar-refractivity contribution >= 4 is 17.0 Å². The van der Waals surface area contributed by atoms with Gasteiger partial charge in [-0.25, -0.2) is 4.98 Å². The highest BCUT2D eigenvalue weighted by Gasteiger charge is 2.14. The van der Waals surface area contributed by atoms with Gasteiger partial charge >= 0.3 is 0 Å². The van der Waals surface area contributed by atoms with Crippen LogP contribution in [-0.2, 0) is 0 Å². The van der Waals surface area contributed by atoms with E-state index in [-0.39, 0.29) is 0 Å². The number of anilines is 1. The zero-order valence-electron chi connectivity index (χ0n) is 10.4. The highest BCUT2D eigenvalue weighted by Crippen LogP contribution is 2.27. The summed E-state index contributed by atoms with van der Waals surface area (Å²) < 4.78 is 2.13. The number of hydrogen-bond donors (Lipinski definition) is 1. The molecule has 3 nitrogen and oxygen atoms in total. The maximum absolute atomic E-state index is 6.00. The van der Waals surface area contributed by atoms with Gasteiger partial charge in [0.15, 0.2) is 0 Å². The Morgan fingerprint density at radius 1 is 1.38 bits per heavy atom. The molecule has 0 aliphatic rings. The van der Waals surface area contributed by atoms with E-state index in [9.17, 15) is 0 Å². The average Bonchev–Trinajstić information content (AvgIpc) is 2.54. The number of hydrogen-bond acceptors (Lipinski definition) is 2. The monoisotopic (exact) mass is 217 g/mol. The summed E-state index contributed by atoms with van der Waals surface area (Å²) in [6, 6.07) is 4.71. The molecule has 0 radical (unpaired) electrons. The molecule has 1 heterocycles. The normalized spacial score (nSPS) is 13.2. The maximum atomic E-state index is 6.00. The van der Waals surface area contributed by atoms with Crippen molar-refractivity contribution in [1.82, 2.24) is 9.55 Å². The molecule has 0 fully saturated rings. The summed E-state index contributed by atoms with van der Waals surface area (Å²) in [4.78, 5) is 4.46. The van der Waals surface area contributed by atoms with Gasteiger partial charge in [0, 0.05) is 6.04 Å². The molecule has 16 heavy (non-hydrogen) atoms. The Morgan fingerprint density at radius 3 is 2.69 bits per heavy atom. The number of nitrogen functional groups attached to an aromatic ring is 1. The summed E-state index contributed by atoms with van der Waals surface area (Å²) in [6.45, 7) is 8.53. The van der Waals surface area contributed by atoms with Gasteiger partial charge in [-0.05, 0) is 44.4 Å². The number of aryl methyl sites for hydroxylation is 2. The van der Waals surface area contributed by atoms with Crippen molar-refractivity contribution in [3.8, 4) is 0 Å². The van der Waals surface area contributed by atoms with E-state index in [4.69, 9.17) is 5.73 Å². The summed E-state index contributed by atoms with van der Waals surface area (Å²) in [5.41, 5.74) is 10.6. The lowest BCUT2D eigenvalue weighted by Gasteiger charge is -2.13. The molecule has 0 aliphatic carbocycles. The van der Waals surface area contributed by atoms with Crippen molar-refractivity contribution in [1.29, 1.82) is 0 Å². The molecule has 0 saturated carbocycles. The van der Waals surface area contributed by atoms with Crippen molar-refractivity contribution in [2.75, 3.05) is 5.73 Å². The van der Waals surface area contributed by atoms with Gasteiger partial charge in [0.25, 0.3) is 0 Å². The van der Waals surface area contributed by atoms with Gasteiger partial charge < -0.3 is 10.3 Å². The van der Waals surface area contributed by atoms with E-state index in [1.165, 1.54) is 11.1 Å². The molecule has 2 rings (SSSR count). The minimum absolute atomic E-state index is 0.395. The van der Waals surface area contributed by atoms with Crippen LogP contribution < -0.4 is 5.73 Å². The third kappa shape index (κ3) is 1.56. The summed E-state index contributed by atoms with van der Waals surface area (Å²) in [5.74, 6) is 0.623. The molecule has 1 atom stereocenters. The lowest BCUT2D eigenvalue weighted by Crippen LogP contribution is -2.07. The summed E-state index contributed by atoms with van der Waals surface area (Å²) in [6.07, 6.45) is 1.06.